The van der Waals surface area contributed by atoms with E-state index in [9.17, 15) is 9.59 Å². The Morgan fingerprint density at radius 1 is 1.03 bits per heavy atom. The van der Waals surface area contributed by atoms with E-state index in [4.69, 9.17) is 9.47 Å². The van der Waals surface area contributed by atoms with Gasteiger partial charge in [0.05, 0.1) is 35.7 Å². The highest BCUT2D eigenvalue weighted by Gasteiger charge is 2.19. The van der Waals surface area contributed by atoms with Crippen LogP contribution in [0, 0.1) is 6.92 Å². The van der Waals surface area contributed by atoms with Crippen molar-refractivity contribution in [2.45, 2.75) is 6.92 Å². The second-order valence-electron chi connectivity index (χ2n) is 8.80. The molecule has 0 unspecified atom stereocenters. The molecule has 5 rings (SSSR count). The summed E-state index contributed by atoms with van der Waals surface area (Å²) >= 11 is 0. The van der Waals surface area contributed by atoms with E-state index in [2.05, 4.69) is 15.3 Å². The summed E-state index contributed by atoms with van der Waals surface area (Å²) in [6.07, 6.45) is 0. The lowest BCUT2D eigenvalue weighted by Crippen LogP contribution is -2.37. The van der Waals surface area contributed by atoms with Crippen molar-refractivity contribution in [2.75, 3.05) is 43.1 Å². The third-order valence-electron chi connectivity index (χ3n) is 6.24. The van der Waals surface area contributed by atoms with E-state index in [1.54, 1.807) is 13.1 Å². The summed E-state index contributed by atoms with van der Waals surface area (Å²) in [5.74, 6) is 0.374. The van der Waals surface area contributed by atoms with E-state index in [0.29, 0.717) is 35.7 Å². The van der Waals surface area contributed by atoms with E-state index in [1.807, 2.05) is 67.6 Å². The minimum absolute atomic E-state index is 0.114. The Labute approximate surface area is 209 Å². The number of fused-ring (bicyclic) bond motifs is 1. The second kappa shape index (κ2) is 10.2. The smallest absolute Gasteiger partial charge is 0.274 e. The molecular formula is C28H28N4O4. The molecule has 1 aromatic heterocycles. The summed E-state index contributed by atoms with van der Waals surface area (Å²) in [7, 11) is 1.64. The number of hydrogen-bond donors (Lipinski definition) is 1. The fraction of sp³-hybridized carbons (Fsp3) is 0.250. The van der Waals surface area contributed by atoms with Crippen LogP contribution in [0.1, 0.15) is 5.56 Å². The van der Waals surface area contributed by atoms with Crippen LogP contribution in [0.25, 0.3) is 22.0 Å². The van der Waals surface area contributed by atoms with Gasteiger partial charge in [0, 0.05) is 31.1 Å². The van der Waals surface area contributed by atoms with Gasteiger partial charge in [0.2, 0.25) is 0 Å². The Morgan fingerprint density at radius 2 is 1.75 bits per heavy atom. The molecule has 4 aromatic rings. The van der Waals surface area contributed by atoms with Gasteiger partial charge in [0.1, 0.15) is 5.75 Å². The lowest BCUT2D eigenvalue weighted by Gasteiger charge is -2.31. The molecule has 184 valence electrons. The second-order valence-corrected chi connectivity index (χ2v) is 8.80. The van der Waals surface area contributed by atoms with Gasteiger partial charge in [-0.25, -0.2) is 4.68 Å². The minimum Gasteiger partial charge on any atom is -0.484 e. The number of carbonyl (C=O) groups is 1. The van der Waals surface area contributed by atoms with Crippen LogP contribution in [-0.4, -0.2) is 48.6 Å². The van der Waals surface area contributed by atoms with E-state index < -0.39 is 0 Å². The fourth-order valence-electron chi connectivity index (χ4n) is 4.35. The van der Waals surface area contributed by atoms with Crippen LogP contribution < -0.4 is 20.5 Å². The molecule has 1 fully saturated rings. The van der Waals surface area contributed by atoms with Gasteiger partial charge >= 0.3 is 0 Å². The number of nitrogens with zero attached hydrogens (tertiary/aromatic N) is 3. The number of ether oxygens (including phenoxy) is 2. The number of hydrogen-bond acceptors (Lipinski definition) is 6. The van der Waals surface area contributed by atoms with Crippen LogP contribution in [0.4, 0.5) is 11.4 Å². The first-order valence-corrected chi connectivity index (χ1v) is 11.9. The third-order valence-corrected chi connectivity index (χ3v) is 6.24. The Bertz CT molecular complexity index is 1460. The molecule has 0 aliphatic carbocycles. The van der Waals surface area contributed by atoms with Crippen molar-refractivity contribution < 1.29 is 14.3 Å². The van der Waals surface area contributed by atoms with Crippen LogP contribution >= 0.6 is 0 Å². The third kappa shape index (κ3) is 4.94. The fourth-order valence-corrected chi connectivity index (χ4v) is 4.35. The van der Waals surface area contributed by atoms with Crippen LogP contribution in [0.5, 0.6) is 5.75 Å². The molecule has 1 amide bonds. The molecule has 3 aromatic carbocycles. The van der Waals surface area contributed by atoms with Gasteiger partial charge in [0.25, 0.3) is 11.5 Å². The van der Waals surface area contributed by atoms with Crippen molar-refractivity contribution in [3.63, 3.8) is 0 Å². The van der Waals surface area contributed by atoms with Gasteiger partial charge in [-0.3, -0.25) is 9.59 Å². The summed E-state index contributed by atoms with van der Waals surface area (Å²) in [6.45, 7) is 4.58. The Morgan fingerprint density at radius 3 is 2.50 bits per heavy atom. The first-order chi connectivity index (χ1) is 17.5. The number of amides is 1. The summed E-state index contributed by atoms with van der Waals surface area (Å²) in [5.41, 5.74) is 4.01. The van der Waals surface area contributed by atoms with Gasteiger partial charge < -0.3 is 19.7 Å². The van der Waals surface area contributed by atoms with Gasteiger partial charge in [-0.05, 0) is 37.3 Å². The summed E-state index contributed by atoms with van der Waals surface area (Å²) in [6, 6.07) is 20.9. The first kappa shape index (κ1) is 23.6. The monoisotopic (exact) mass is 484 g/mol. The lowest BCUT2D eigenvalue weighted by molar-refractivity contribution is -0.118. The molecule has 36 heavy (non-hydrogen) atoms. The topological polar surface area (TPSA) is 85.7 Å². The Hall–Kier alpha value is -4.17. The van der Waals surface area contributed by atoms with Crippen molar-refractivity contribution >= 4 is 28.1 Å². The van der Waals surface area contributed by atoms with Crippen molar-refractivity contribution in [1.29, 1.82) is 0 Å². The normalized spacial score (nSPS) is 13.6. The standard InChI is InChI=1S/C28H28N4O4/c1-19-7-10-21(11-8-19)36-18-26(33)29-24-17-20(9-12-25(24)32-13-15-35-16-14-32)27-22-5-3-4-6-23(22)28(34)31(2)30-27/h3-12,17H,13-16,18H2,1-2H3,(H,29,33). The summed E-state index contributed by atoms with van der Waals surface area (Å²) in [5, 5.41) is 8.94. The molecule has 1 saturated heterocycles. The molecular weight excluding hydrogens is 456 g/mol. The number of anilines is 2. The van der Waals surface area contributed by atoms with Gasteiger partial charge in [-0.1, -0.05) is 42.0 Å². The maximum absolute atomic E-state index is 12.9. The van der Waals surface area contributed by atoms with Gasteiger partial charge in [-0.15, -0.1) is 0 Å². The summed E-state index contributed by atoms with van der Waals surface area (Å²) < 4.78 is 12.5. The Balaban J connectivity index is 1.49. The molecule has 0 radical (unpaired) electrons. The number of morpholine rings is 1. The maximum atomic E-state index is 12.9. The minimum atomic E-state index is -0.263. The molecule has 2 heterocycles. The molecule has 0 saturated carbocycles. The van der Waals surface area contributed by atoms with Crippen molar-refractivity contribution in [3.8, 4) is 17.0 Å². The van der Waals surface area contributed by atoms with Crippen LogP contribution in [0.2, 0.25) is 0 Å². The van der Waals surface area contributed by atoms with Crippen molar-refractivity contribution in [3.05, 3.63) is 82.6 Å². The number of rotatable bonds is 6. The van der Waals surface area contributed by atoms with Crippen molar-refractivity contribution in [1.82, 2.24) is 9.78 Å². The molecule has 1 aliphatic rings. The molecule has 0 bridgehead atoms. The lowest BCUT2D eigenvalue weighted by atomic mass is 10.0. The highest BCUT2D eigenvalue weighted by atomic mass is 16.5. The largest absolute Gasteiger partial charge is 0.484 e. The molecule has 8 nitrogen and oxygen atoms in total. The first-order valence-electron chi connectivity index (χ1n) is 11.9. The zero-order valence-electron chi connectivity index (χ0n) is 20.4. The highest BCUT2D eigenvalue weighted by molar-refractivity contribution is 5.99. The highest BCUT2D eigenvalue weighted by Crippen LogP contribution is 2.33. The summed E-state index contributed by atoms with van der Waals surface area (Å²) in [4.78, 5) is 27.7. The van der Waals surface area contributed by atoms with Crippen LogP contribution in [-0.2, 0) is 16.6 Å². The van der Waals surface area contributed by atoms with Crippen LogP contribution in [0.15, 0.2) is 71.5 Å². The SMILES string of the molecule is Cc1ccc(OCC(=O)Nc2cc(-c3nn(C)c(=O)c4ccccc34)ccc2N2CCOCC2)cc1. The zero-order chi connectivity index (χ0) is 25.1. The average molecular weight is 485 g/mol. The number of aromatic nitrogens is 2. The number of nitrogens with one attached hydrogen (secondary N) is 1. The maximum Gasteiger partial charge on any atom is 0.274 e. The van der Waals surface area contributed by atoms with E-state index in [1.165, 1.54) is 4.68 Å². The van der Waals surface area contributed by atoms with Gasteiger partial charge in [-0.2, -0.15) is 5.10 Å². The number of aryl methyl sites for hydroxylation is 2. The predicted molar refractivity (Wildman–Crippen MR) is 141 cm³/mol. The number of benzene rings is 3. The molecule has 0 atom stereocenters. The molecule has 1 N–H and O–H groups in total. The number of carbonyl (C=O) groups excluding carboxylic acids is 1. The average Bonchev–Trinajstić information content (AvgIpc) is 2.91. The zero-order valence-corrected chi connectivity index (χ0v) is 20.4. The van der Waals surface area contributed by atoms with Crippen LogP contribution in [0.3, 0.4) is 0 Å². The van der Waals surface area contributed by atoms with E-state index in [0.717, 1.165) is 35.3 Å². The van der Waals surface area contributed by atoms with E-state index in [-0.39, 0.29) is 18.1 Å². The van der Waals surface area contributed by atoms with Gasteiger partial charge in [0.15, 0.2) is 6.61 Å². The molecule has 8 heteroatoms. The quantitative estimate of drug-likeness (QED) is 0.449. The van der Waals surface area contributed by atoms with E-state index >= 15 is 0 Å². The predicted octanol–water partition coefficient (Wildman–Crippen LogP) is 3.76. The molecule has 1 aliphatic heterocycles. The Kier molecular flexibility index (Phi) is 6.69. The van der Waals surface area contributed by atoms with Crippen molar-refractivity contribution in [2.24, 2.45) is 7.05 Å². The molecule has 0 spiro atoms.